The number of aryl methyl sites for hydroxylation is 2. The molecule has 0 bridgehead atoms. The summed E-state index contributed by atoms with van der Waals surface area (Å²) >= 11 is 0. The smallest absolute Gasteiger partial charge is 0.107 e. The van der Waals surface area contributed by atoms with Gasteiger partial charge in [-0.3, -0.25) is 0 Å². The number of fused-ring (bicyclic) bond motifs is 1. The van der Waals surface area contributed by atoms with Crippen molar-refractivity contribution in [3.63, 3.8) is 0 Å². The van der Waals surface area contributed by atoms with Crippen molar-refractivity contribution in [1.82, 2.24) is 0 Å². The van der Waals surface area contributed by atoms with Crippen LogP contribution < -0.4 is 0 Å². The molecule has 1 aromatic heterocycles. The minimum absolute atomic E-state index is 0.154. The van der Waals surface area contributed by atoms with Crippen molar-refractivity contribution in [1.29, 1.82) is 0 Å². The van der Waals surface area contributed by atoms with E-state index in [4.69, 9.17) is 4.42 Å². The van der Waals surface area contributed by atoms with Gasteiger partial charge in [0.05, 0.1) is 6.10 Å². The number of unbranched alkanes of at least 4 members (excludes halogenated alkanes) is 1. The van der Waals surface area contributed by atoms with Crippen LogP contribution in [0.2, 0.25) is 0 Å². The third-order valence-electron chi connectivity index (χ3n) is 2.88. The molecule has 0 aromatic carbocycles. The summed E-state index contributed by atoms with van der Waals surface area (Å²) < 4.78 is 5.75. The van der Waals surface area contributed by atoms with E-state index in [1.165, 1.54) is 18.4 Å². The van der Waals surface area contributed by atoms with Crippen LogP contribution in [-0.2, 0) is 19.3 Å². The number of rotatable bonds is 3. The van der Waals surface area contributed by atoms with E-state index in [2.05, 4.69) is 13.0 Å². The molecule has 0 fully saturated rings. The molecule has 14 heavy (non-hydrogen) atoms. The highest BCUT2D eigenvalue weighted by Gasteiger charge is 2.20. The first-order chi connectivity index (χ1) is 6.79. The monoisotopic (exact) mass is 194 g/mol. The third-order valence-corrected chi connectivity index (χ3v) is 2.88. The van der Waals surface area contributed by atoms with Crippen LogP contribution >= 0.6 is 0 Å². The Morgan fingerprint density at radius 2 is 2.43 bits per heavy atom. The Balaban J connectivity index is 2.07. The Bertz CT molecular complexity index is 301. The summed E-state index contributed by atoms with van der Waals surface area (Å²) in [6.07, 6.45) is 5.82. The van der Waals surface area contributed by atoms with Gasteiger partial charge in [-0.2, -0.15) is 0 Å². The lowest BCUT2D eigenvalue weighted by atomic mass is 9.96. The third kappa shape index (κ3) is 2.01. The fourth-order valence-corrected chi connectivity index (χ4v) is 2.04. The molecule has 0 aliphatic heterocycles. The quantitative estimate of drug-likeness (QED) is 0.802. The first-order valence-corrected chi connectivity index (χ1v) is 5.58. The fourth-order valence-electron chi connectivity index (χ4n) is 2.04. The van der Waals surface area contributed by atoms with Gasteiger partial charge in [0.2, 0.25) is 0 Å². The molecule has 1 unspecified atom stereocenters. The summed E-state index contributed by atoms with van der Waals surface area (Å²) in [6.45, 7) is 2.19. The average Bonchev–Trinajstić information content (AvgIpc) is 2.56. The molecule has 1 aromatic rings. The molecule has 0 saturated heterocycles. The molecule has 0 saturated carbocycles. The van der Waals surface area contributed by atoms with Crippen molar-refractivity contribution < 1.29 is 9.52 Å². The standard InChI is InChI=1S/C12H18O2/c1-2-3-4-11-8-9-7-10(13)5-6-12(9)14-11/h8,10,13H,2-7H2,1H3. The molecular weight excluding hydrogens is 176 g/mol. The minimum atomic E-state index is -0.154. The lowest BCUT2D eigenvalue weighted by molar-refractivity contribution is 0.154. The molecule has 0 radical (unpaired) electrons. The summed E-state index contributed by atoms with van der Waals surface area (Å²) in [5, 5.41) is 9.50. The Morgan fingerprint density at radius 3 is 3.21 bits per heavy atom. The first kappa shape index (κ1) is 9.78. The minimum Gasteiger partial charge on any atom is -0.466 e. The second kappa shape index (κ2) is 4.18. The second-order valence-corrected chi connectivity index (χ2v) is 4.16. The van der Waals surface area contributed by atoms with Crippen LogP contribution in [0, 0.1) is 0 Å². The van der Waals surface area contributed by atoms with Crippen molar-refractivity contribution in [2.75, 3.05) is 0 Å². The van der Waals surface area contributed by atoms with Crippen LogP contribution in [0.5, 0.6) is 0 Å². The van der Waals surface area contributed by atoms with Gasteiger partial charge in [0.25, 0.3) is 0 Å². The van der Waals surface area contributed by atoms with E-state index in [0.717, 1.165) is 37.2 Å². The Kier molecular flexibility index (Phi) is 2.92. The van der Waals surface area contributed by atoms with Crippen LogP contribution in [0.25, 0.3) is 0 Å². The van der Waals surface area contributed by atoms with E-state index in [9.17, 15) is 5.11 Å². The van der Waals surface area contributed by atoms with E-state index in [1.54, 1.807) is 0 Å². The summed E-state index contributed by atoms with van der Waals surface area (Å²) in [6, 6.07) is 2.13. The molecule has 2 heteroatoms. The van der Waals surface area contributed by atoms with Crippen molar-refractivity contribution >= 4 is 0 Å². The molecule has 1 heterocycles. The topological polar surface area (TPSA) is 33.4 Å². The van der Waals surface area contributed by atoms with E-state index in [-0.39, 0.29) is 6.10 Å². The maximum atomic E-state index is 9.50. The summed E-state index contributed by atoms with van der Waals surface area (Å²) in [5.41, 5.74) is 1.23. The lowest BCUT2D eigenvalue weighted by Crippen LogP contribution is -2.16. The van der Waals surface area contributed by atoms with E-state index in [0.29, 0.717) is 0 Å². The highest BCUT2D eigenvalue weighted by atomic mass is 16.3. The molecule has 78 valence electrons. The maximum Gasteiger partial charge on any atom is 0.107 e. The molecule has 1 aliphatic rings. The number of aliphatic hydroxyl groups is 1. The van der Waals surface area contributed by atoms with Crippen LogP contribution in [0.1, 0.15) is 43.3 Å². The largest absolute Gasteiger partial charge is 0.466 e. The Hall–Kier alpha value is -0.760. The van der Waals surface area contributed by atoms with Gasteiger partial charge in [-0.05, 0) is 24.5 Å². The van der Waals surface area contributed by atoms with Crippen molar-refractivity contribution in [2.45, 2.75) is 51.6 Å². The molecule has 0 amide bonds. The van der Waals surface area contributed by atoms with Crippen LogP contribution in [0.15, 0.2) is 10.5 Å². The zero-order valence-electron chi connectivity index (χ0n) is 8.75. The zero-order chi connectivity index (χ0) is 9.97. The number of hydrogen-bond acceptors (Lipinski definition) is 2. The molecule has 2 nitrogen and oxygen atoms in total. The van der Waals surface area contributed by atoms with Gasteiger partial charge in [-0.25, -0.2) is 0 Å². The molecule has 1 atom stereocenters. The van der Waals surface area contributed by atoms with Gasteiger partial charge in [-0.1, -0.05) is 13.3 Å². The van der Waals surface area contributed by atoms with Crippen LogP contribution in [-0.4, -0.2) is 11.2 Å². The van der Waals surface area contributed by atoms with Crippen LogP contribution in [0.4, 0.5) is 0 Å². The van der Waals surface area contributed by atoms with E-state index < -0.39 is 0 Å². The predicted octanol–water partition coefficient (Wildman–Crippen LogP) is 2.47. The zero-order valence-corrected chi connectivity index (χ0v) is 8.75. The van der Waals surface area contributed by atoms with Gasteiger partial charge in [0.1, 0.15) is 11.5 Å². The van der Waals surface area contributed by atoms with Crippen LogP contribution in [0.3, 0.4) is 0 Å². The maximum absolute atomic E-state index is 9.50. The fraction of sp³-hybridized carbons (Fsp3) is 0.667. The van der Waals surface area contributed by atoms with Gasteiger partial charge in [0, 0.05) is 19.3 Å². The summed E-state index contributed by atoms with van der Waals surface area (Å²) in [7, 11) is 0. The van der Waals surface area contributed by atoms with Crippen molar-refractivity contribution in [3.8, 4) is 0 Å². The Morgan fingerprint density at radius 1 is 1.57 bits per heavy atom. The van der Waals surface area contributed by atoms with Gasteiger partial charge < -0.3 is 9.52 Å². The molecular formula is C12H18O2. The van der Waals surface area contributed by atoms with E-state index >= 15 is 0 Å². The highest BCUT2D eigenvalue weighted by Crippen LogP contribution is 2.25. The summed E-state index contributed by atoms with van der Waals surface area (Å²) in [5.74, 6) is 2.22. The summed E-state index contributed by atoms with van der Waals surface area (Å²) in [4.78, 5) is 0. The van der Waals surface area contributed by atoms with Gasteiger partial charge >= 0.3 is 0 Å². The second-order valence-electron chi connectivity index (χ2n) is 4.16. The lowest BCUT2D eigenvalue weighted by Gasteiger charge is -2.14. The predicted molar refractivity (Wildman–Crippen MR) is 55.4 cm³/mol. The Labute approximate surface area is 84.9 Å². The number of aliphatic hydroxyl groups excluding tert-OH is 1. The van der Waals surface area contributed by atoms with E-state index in [1.807, 2.05) is 0 Å². The SMILES string of the molecule is CCCCc1cc2c(o1)CCC(O)C2. The molecule has 1 aliphatic carbocycles. The highest BCUT2D eigenvalue weighted by molar-refractivity contribution is 5.25. The molecule has 2 rings (SSSR count). The van der Waals surface area contributed by atoms with Crippen molar-refractivity contribution in [3.05, 3.63) is 23.2 Å². The van der Waals surface area contributed by atoms with Gasteiger partial charge in [0.15, 0.2) is 0 Å². The average molecular weight is 194 g/mol. The molecule has 0 spiro atoms. The van der Waals surface area contributed by atoms with Crippen molar-refractivity contribution in [2.24, 2.45) is 0 Å². The normalized spacial score (nSPS) is 20.9. The molecule has 1 N–H and O–H groups in total. The number of hydrogen-bond donors (Lipinski definition) is 1. The first-order valence-electron chi connectivity index (χ1n) is 5.58. The van der Waals surface area contributed by atoms with Gasteiger partial charge in [-0.15, -0.1) is 0 Å². The number of furan rings is 1.